The molecule has 1 aromatic carbocycles. The summed E-state index contributed by atoms with van der Waals surface area (Å²) in [6.07, 6.45) is 0.856. The number of Topliss-reactive ketones (excluding diaryl/α,β-unsaturated/α-hetero) is 1. The first kappa shape index (κ1) is 19.6. The van der Waals surface area contributed by atoms with E-state index < -0.39 is 29.4 Å². The zero-order valence-electron chi connectivity index (χ0n) is 15.9. The van der Waals surface area contributed by atoms with Crippen LogP contribution in [0.4, 0.5) is 8.78 Å². The first-order valence-electron chi connectivity index (χ1n) is 9.28. The molecular weight excluding hydrogens is 396 g/mol. The molecular formula is C22H19F2NO3S. The van der Waals surface area contributed by atoms with E-state index in [-0.39, 0.29) is 11.7 Å². The highest BCUT2D eigenvalue weighted by molar-refractivity contribution is 7.10. The molecule has 0 saturated heterocycles. The normalized spacial score (nSPS) is 24.2. The van der Waals surface area contributed by atoms with Crippen LogP contribution in [0.25, 0.3) is 0 Å². The van der Waals surface area contributed by atoms with Gasteiger partial charge in [-0.25, -0.2) is 8.78 Å². The third-order valence-corrected chi connectivity index (χ3v) is 6.63. The summed E-state index contributed by atoms with van der Waals surface area (Å²) in [6, 6.07) is 7.43. The Morgan fingerprint density at radius 2 is 2.00 bits per heavy atom. The van der Waals surface area contributed by atoms with Crippen LogP contribution in [0, 0.1) is 17.6 Å². The smallest absolute Gasteiger partial charge is 0.315 e. The predicted octanol–water partition coefficient (Wildman–Crippen LogP) is 4.77. The number of methoxy groups -OCH3 is 1. The first-order chi connectivity index (χ1) is 13.9. The molecule has 2 aromatic rings. The van der Waals surface area contributed by atoms with Crippen molar-refractivity contribution in [3.8, 4) is 0 Å². The van der Waals surface area contributed by atoms with E-state index in [1.54, 1.807) is 18.3 Å². The highest BCUT2D eigenvalue weighted by Crippen LogP contribution is 2.47. The van der Waals surface area contributed by atoms with E-state index in [1.165, 1.54) is 13.2 Å². The van der Waals surface area contributed by atoms with Gasteiger partial charge in [-0.15, -0.1) is 11.3 Å². The SMILES string of the molecule is COC(=O)C1C(C)=NC2=C(C(=O)C[C@@H](c3cccs3)C2)[C@@H]1c1ccc(F)c(F)c1. The number of benzene rings is 1. The Labute approximate surface area is 170 Å². The van der Waals surface area contributed by atoms with Gasteiger partial charge in [0, 0.05) is 40.1 Å². The molecule has 2 heterocycles. The summed E-state index contributed by atoms with van der Waals surface area (Å²) in [5, 5.41) is 1.97. The molecule has 3 atom stereocenters. The number of ether oxygens (including phenoxy) is 1. The minimum Gasteiger partial charge on any atom is -0.468 e. The fraction of sp³-hybridized carbons (Fsp3) is 0.318. The van der Waals surface area contributed by atoms with Gasteiger partial charge in [0.2, 0.25) is 0 Å². The Morgan fingerprint density at radius 3 is 2.66 bits per heavy atom. The summed E-state index contributed by atoms with van der Waals surface area (Å²) in [5.41, 5.74) is 1.89. The van der Waals surface area contributed by atoms with Crippen LogP contribution in [0.15, 0.2) is 52.0 Å². The molecule has 0 radical (unpaired) electrons. The molecule has 0 N–H and O–H groups in total. The Bertz CT molecular complexity index is 1040. The molecule has 29 heavy (non-hydrogen) atoms. The molecule has 1 aliphatic carbocycles. The monoisotopic (exact) mass is 415 g/mol. The van der Waals surface area contributed by atoms with Crippen LogP contribution in [-0.4, -0.2) is 24.6 Å². The van der Waals surface area contributed by atoms with Crippen molar-refractivity contribution in [1.82, 2.24) is 0 Å². The second-order valence-corrected chi connectivity index (χ2v) is 8.29. The van der Waals surface area contributed by atoms with E-state index in [2.05, 4.69) is 4.99 Å². The molecule has 0 spiro atoms. The molecule has 4 rings (SSSR count). The lowest BCUT2D eigenvalue weighted by Gasteiger charge is -2.36. The Kier molecular flexibility index (Phi) is 5.17. The van der Waals surface area contributed by atoms with Crippen molar-refractivity contribution in [2.24, 2.45) is 10.9 Å². The van der Waals surface area contributed by atoms with Gasteiger partial charge in [-0.05, 0) is 42.5 Å². The molecule has 7 heteroatoms. The van der Waals surface area contributed by atoms with Gasteiger partial charge in [0.25, 0.3) is 0 Å². The molecule has 150 valence electrons. The van der Waals surface area contributed by atoms with Gasteiger partial charge in [0.05, 0.1) is 7.11 Å². The van der Waals surface area contributed by atoms with E-state index >= 15 is 0 Å². The van der Waals surface area contributed by atoms with E-state index in [0.717, 1.165) is 17.0 Å². The minimum atomic E-state index is -1.02. The number of carbonyl (C=O) groups excluding carboxylic acids is 2. The second-order valence-electron chi connectivity index (χ2n) is 7.31. The van der Waals surface area contributed by atoms with Crippen LogP contribution < -0.4 is 0 Å². The van der Waals surface area contributed by atoms with Crippen molar-refractivity contribution < 1.29 is 23.1 Å². The standard InChI is InChI=1S/C22H19F2NO3S/c1-11-19(22(27)28-2)20(12-5-6-14(23)15(24)8-12)21-16(25-11)9-13(10-17(21)26)18-4-3-7-29-18/h3-8,13,19-20H,9-10H2,1-2H3/t13-,19?,20+/m0/s1. The van der Waals surface area contributed by atoms with E-state index in [0.29, 0.717) is 35.4 Å². The Balaban J connectivity index is 1.84. The number of hydrogen-bond donors (Lipinski definition) is 0. The van der Waals surface area contributed by atoms with Gasteiger partial charge in [-0.3, -0.25) is 14.6 Å². The van der Waals surface area contributed by atoms with Crippen LogP contribution in [-0.2, 0) is 14.3 Å². The van der Waals surface area contributed by atoms with Crippen molar-refractivity contribution in [2.45, 2.75) is 31.6 Å². The molecule has 0 fully saturated rings. The van der Waals surface area contributed by atoms with Crippen molar-refractivity contribution in [3.63, 3.8) is 0 Å². The summed E-state index contributed by atoms with van der Waals surface area (Å²) in [4.78, 5) is 31.4. The third-order valence-electron chi connectivity index (χ3n) is 5.59. The Morgan fingerprint density at radius 1 is 1.21 bits per heavy atom. The lowest BCUT2D eigenvalue weighted by molar-refractivity contribution is -0.143. The number of allylic oxidation sites excluding steroid dienone is 2. The maximum atomic E-state index is 14.0. The molecule has 4 nitrogen and oxygen atoms in total. The number of carbonyl (C=O) groups is 2. The van der Waals surface area contributed by atoms with E-state index in [1.807, 2.05) is 17.5 Å². The topological polar surface area (TPSA) is 55.7 Å². The van der Waals surface area contributed by atoms with Gasteiger partial charge in [-0.1, -0.05) is 12.1 Å². The second kappa shape index (κ2) is 7.63. The number of ketones is 1. The third kappa shape index (κ3) is 3.44. The predicted molar refractivity (Wildman–Crippen MR) is 106 cm³/mol. The number of esters is 1. The molecule has 1 aromatic heterocycles. The maximum absolute atomic E-state index is 14.0. The Hall–Kier alpha value is -2.67. The number of aliphatic imine (C=N–C) groups is 1. The highest BCUT2D eigenvalue weighted by atomic mass is 32.1. The van der Waals surface area contributed by atoms with Crippen molar-refractivity contribution in [1.29, 1.82) is 0 Å². The van der Waals surface area contributed by atoms with Crippen LogP contribution >= 0.6 is 11.3 Å². The number of rotatable bonds is 3. The van der Waals surface area contributed by atoms with Crippen molar-refractivity contribution in [2.75, 3.05) is 7.11 Å². The van der Waals surface area contributed by atoms with E-state index in [4.69, 9.17) is 4.74 Å². The molecule has 1 aliphatic heterocycles. The van der Waals surface area contributed by atoms with Crippen LogP contribution in [0.2, 0.25) is 0 Å². The summed E-state index contributed by atoms with van der Waals surface area (Å²) in [6.45, 7) is 1.71. The summed E-state index contributed by atoms with van der Waals surface area (Å²) < 4.78 is 32.4. The lowest BCUT2D eigenvalue weighted by Crippen LogP contribution is -2.37. The van der Waals surface area contributed by atoms with Crippen molar-refractivity contribution >= 4 is 28.8 Å². The molecule has 0 saturated carbocycles. The average Bonchev–Trinajstić information content (AvgIpc) is 3.23. The van der Waals surface area contributed by atoms with Gasteiger partial charge in [0.1, 0.15) is 5.92 Å². The zero-order chi connectivity index (χ0) is 20.7. The summed E-state index contributed by atoms with van der Waals surface area (Å²) in [7, 11) is 1.26. The van der Waals surface area contributed by atoms with Crippen LogP contribution in [0.1, 0.15) is 42.0 Å². The van der Waals surface area contributed by atoms with Gasteiger partial charge < -0.3 is 4.74 Å². The maximum Gasteiger partial charge on any atom is 0.315 e. The fourth-order valence-corrected chi connectivity index (χ4v) is 5.11. The average molecular weight is 415 g/mol. The number of hydrogen-bond acceptors (Lipinski definition) is 5. The van der Waals surface area contributed by atoms with Crippen molar-refractivity contribution in [3.05, 3.63) is 69.1 Å². The summed E-state index contributed by atoms with van der Waals surface area (Å²) >= 11 is 1.59. The highest BCUT2D eigenvalue weighted by Gasteiger charge is 2.44. The minimum absolute atomic E-state index is 0.0260. The number of thiophene rings is 1. The fourth-order valence-electron chi connectivity index (χ4n) is 4.28. The van der Waals surface area contributed by atoms with Gasteiger partial charge in [0.15, 0.2) is 17.4 Å². The lowest BCUT2D eigenvalue weighted by atomic mass is 9.70. The summed E-state index contributed by atoms with van der Waals surface area (Å²) in [5.74, 6) is -4.25. The number of halogens is 2. The quantitative estimate of drug-likeness (QED) is 0.679. The molecule has 2 aliphatic rings. The zero-order valence-corrected chi connectivity index (χ0v) is 16.8. The largest absolute Gasteiger partial charge is 0.468 e. The number of nitrogens with zero attached hydrogens (tertiary/aromatic N) is 1. The molecule has 0 amide bonds. The van der Waals surface area contributed by atoms with Gasteiger partial charge >= 0.3 is 5.97 Å². The molecule has 0 bridgehead atoms. The molecule has 1 unspecified atom stereocenters. The first-order valence-corrected chi connectivity index (χ1v) is 10.2. The van der Waals surface area contributed by atoms with Gasteiger partial charge in [-0.2, -0.15) is 0 Å². The van der Waals surface area contributed by atoms with Crippen LogP contribution in [0.5, 0.6) is 0 Å². The van der Waals surface area contributed by atoms with E-state index in [9.17, 15) is 18.4 Å². The van der Waals surface area contributed by atoms with Crippen LogP contribution in [0.3, 0.4) is 0 Å².